The van der Waals surface area contributed by atoms with Crippen molar-refractivity contribution in [2.24, 2.45) is 0 Å². The van der Waals surface area contributed by atoms with Crippen LogP contribution in [0.25, 0.3) is 10.9 Å². The Morgan fingerprint density at radius 3 is 2.70 bits per heavy atom. The van der Waals surface area contributed by atoms with Crippen LogP contribution in [-0.4, -0.2) is 31.7 Å². The number of aromatic nitrogens is 1. The highest BCUT2D eigenvalue weighted by Crippen LogP contribution is 2.28. The monoisotopic (exact) mass is 386 g/mol. The molecule has 6 nitrogen and oxygen atoms in total. The van der Waals surface area contributed by atoms with Gasteiger partial charge in [-0.1, -0.05) is 17.7 Å². The van der Waals surface area contributed by atoms with E-state index in [0.29, 0.717) is 46.1 Å². The number of amides is 1. The van der Waals surface area contributed by atoms with E-state index in [1.54, 1.807) is 49.6 Å². The maximum absolute atomic E-state index is 12.3. The Labute approximate surface area is 161 Å². The van der Waals surface area contributed by atoms with Crippen molar-refractivity contribution in [1.29, 1.82) is 0 Å². The summed E-state index contributed by atoms with van der Waals surface area (Å²) in [6, 6.07) is 12.1. The summed E-state index contributed by atoms with van der Waals surface area (Å²) >= 11 is 6.09. The molecule has 2 N–H and O–H groups in total. The summed E-state index contributed by atoms with van der Waals surface area (Å²) in [6.07, 6.45) is 0.395. The number of ether oxygens (including phenoxy) is 2. The van der Waals surface area contributed by atoms with E-state index in [0.717, 1.165) is 5.39 Å². The van der Waals surface area contributed by atoms with Crippen LogP contribution in [0, 0.1) is 0 Å². The van der Waals surface area contributed by atoms with E-state index >= 15 is 0 Å². The fourth-order valence-corrected chi connectivity index (χ4v) is 3.01. The van der Waals surface area contributed by atoms with Gasteiger partial charge in [0, 0.05) is 23.1 Å². The Morgan fingerprint density at radius 2 is 1.96 bits per heavy atom. The molecule has 2 aromatic carbocycles. The molecule has 27 heavy (non-hydrogen) atoms. The minimum absolute atomic E-state index is 0.209. The molecule has 0 bridgehead atoms. The molecule has 0 unspecified atom stereocenters. The normalized spacial score (nSPS) is 10.6. The fourth-order valence-electron chi connectivity index (χ4n) is 2.77. The van der Waals surface area contributed by atoms with Gasteiger partial charge >= 0.3 is 0 Å². The van der Waals surface area contributed by atoms with Crippen molar-refractivity contribution in [3.05, 3.63) is 69.0 Å². The largest absolute Gasteiger partial charge is 0.497 e. The van der Waals surface area contributed by atoms with Crippen LogP contribution in [0.15, 0.2) is 47.3 Å². The van der Waals surface area contributed by atoms with Gasteiger partial charge in [-0.15, -0.1) is 0 Å². The zero-order chi connectivity index (χ0) is 19.4. The Bertz CT molecular complexity index is 1050. The number of fused-ring (bicyclic) bond motifs is 1. The van der Waals surface area contributed by atoms with Crippen molar-refractivity contribution >= 4 is 28.4 Å². The van der Waals surface area contributed by atoms with Crippen LogP contribution in [0.3, 0.4) is 0 Å². The lowest BCUT2D eigenvalue weighted by molar-refractivity contribution is 0.0953. The Balaban J connectivity index is 1.72. The van der Waals surface area contributed by atoms with Crippen molar-refractivity contribution < 1.29 is 14.3 Å². The lowest BCUT2D eigenvalue weighted by Crippen LogP contribution is -2.27. The molecule has 0 spiro atoms. The summed E-state index contributed by atoms with van der Waals surface area (Å²) in [5.41, 5.74) is 1.49. The number of carbonyl (C=O) groups is 1. The van der Waals surface area contributed by atoms with E-state index in [4.69, 9.17) is 21.1 Å². The Morgan fingerprint density at radius 1 is 1.15 bits per heavy atom. The van der Waals surface area contributed by atoms with Crippen LogP contribution in [0.5, 0.6) is 11.5 Å². The predicted octanol–water partition coefficient (Wildman–Crippen LogP) is 3.17. The lowest BCUT2D eigenvalue weighted by Gasteiger charge is -2.09. The Kier molecular flexibility index (Phi) is 5.66. The third-order valence-corrected chi connectivity index (χ3v) is 4.50. The number of carbonyl (C=O) groups excluding carboxylic acids is 1. The number of methoxy groups -OCH3 is 2. The smallest absolute Gasteiger partial charge is 0.251 e. The maximum atomic E-state index is 12.3. The van der Waals surface area contributed by atoms with Crippen LogP contribution in [0.4, 0.5) is 0 Å². The van der Waals surface area contributed by atoms with Crippen molar-refractivity contribution in [3.8, 4) is 11.5 Å². The average Bonchev–Trinajstić information content (AvgIpc) is 2.68. The summed E-state index contributed by atoms with van der Waals surface area (Å²) in [4.78, 5) is 27.3. The van der Waals surface area contributed by atoms with E-state index in [9.17, 15) is 9.59 Å². The van der Waals surface area contributed by atoms with Gasteiger partial charge in [-0.3, -0.25) is 9.59 Å². The van der Waals surface area contributed by atoms with Gasteiger partial charge in [-0.05, 0) is 42.8 Å². The molecule has 0 aliphatic rings. The van der Waals surface area contributed by atoms with Crippen LogP contribution in [0.2, 0.25) is 5.02 Å². The number of pyridine rings is 1. The van der Waals surface area contributed by atoms with Gasteiger partial charge in [-0.25, -0.2) is 0 Å². The van der Waals surface area contributed by atoms with Crippen molar-refractivity contribution in [1.82, 2.24) is 10.3 Å². The van der Waals surface area contributed by atoms with Crippen LogP contribution >= 0.6 is 11.6 Å². The predicted molar refractivity (Wildman–Crippen MR) is 105 cm³/mol. The highest BCUT2D eigenvalue weighted by atomic mass is 35.5. The molecule has 1 heterocycles. The van der Waals surface area contributed by atoms with Gasteiger partial charge in [0.05, 0.1) is 24.8 Å². The lowest BCUT2D eigenvalue weighted by atomic mass is 10.1. The van der Waals surface area contributed by atoms with E-state index in [-0.39, 0.29) is 11.5 Å². The molecule has 0 fully saturated rings. The van der Waals surface area contributed by atoms with Crippen LogP contribution < -0.4 is 20.3 Å². The number of benzene rings is 2. The number of halogens is 1. The second-order valence-corrected chi connectivity index (χ2v) is 6.34. The van der Waals surface area contributed by atoms with Gasteiger partial charge in [0.25, 0.3) is 11.5 Å². The molecule has 0 aliphatic heterocycles. The molecule has 0 saturated heterocycles. The van der Waals surface area contributed by atoms with Crippen molar-refractivity contribution in [2.45, 2.75) is 6.42 Å². The molecular weight excluding hydrogens is 368 g/mol. The number of rotatable bonds is 6. The van der Waals surface area contributed by atoms with Gasteiger partial charge < -0.3 is 19.8 Å². The van der Waals surface area contributed by atoms with Gasteiger partial charge in [-0.2, -0.15) is 0 Å². The molecule has 1 aromatic heterocycles. The number of hydrogen-bond donors (Lipinski definition) is 2. The third kappa shape index (κ3) is 4.23. The molecule has 0 radical (unpaired) electrons. The summed E-state index contributed by atoms with van der Waals surface area (Å²) in [5.74, 6) is 0.925. The van der Waals surface area contributed by atoms with Crippen molar-refractivity contribution in [2.75, 3.05) is 20.8 Å². The van der Waals surface area contributed by atoms with E-state index < -0.39 is 0 Å². The highest BCUT2D eigenvalue weighted by molar-refractivity contribution is 6.32. The molecule has 7 heteroatoms. The summed E-state index contributed by atoms with van der Waals surface area (Å²) in [7, 11) is 3.08. The standard InChI is InChI=1S/C20H19ClN2O4/c1-26-15-5-3-4-12(9-15)19(24)22-7-6-13-8-14-10-18(27-2)16(21)11-17(14)23-20(13)25/h3-5,8-11H,6-7H2,1-2H3,(H,22,24)(H,23,25). The van der Waals surface area contributed by atoms with Crippen LogP contribution in [-0.2, 0) is 6.42 Å². The molecule has 3 aromatic rings. The molecule has 0 aliphatic carbocycles. The van der Waals surface area contributed by atoms with Crippen LogP contribution in [0.1, 0.15) is 15.9 Å². The summed E-state index contributed by atoms with van der Waals surface area (Å²) < 4.78 is 10.3. The number of H-pyrrole nitrogens is 1. The third-order valence-electron chi connectivity index (χ3n) is 4.21. The molecule has 1 amide bonds. The Hall–Kier alpha value is -2.99. The van der Waals surface area contributed by atoms with Gasteiger partial charge in [0.2, 0.25) is 0 Å². The number of aromatic amines is 1. The molecular formula is C20H19ClN2O4. The fraction of sp³-hybridized carbons (Fsp3) is 0.200. The number of nitrogens with one attached hydrogen (secondary N) is 2. The first kappa shape index (κ1) is 18.8. The zero-order valence-corrected chi connectivity index (χ0v) is 15.7. The van der Waals surface area contributed by atoms with Gasteiger partial charge in [0.1, 0.15) is 11.5 Å². The summed E-state index contributed by atoms with van der Waals surface area (Å²) in [5, 5.41) is 4.05. The highest BCUT2D eigenvalue weighted by Gasteiger charge is 2.09. The average molecular weight is 387 g/mol. The quantitative estimate of drug-likeness (QED) is 0.681. The second-order valence-electron chi connectivity index (χ2n) is 5.94. The molecule has 3 rings (SSSR count). The SMILES string of the molecule is COc1cccc(C(=O)NCCc2cc3cc(OC)c(Cl)cc3[nH]c2=O)c1. The minimum Gasteiger partial charge on any atom is -0.497 e. The van der Waals surface area contributed by atoms with E-state index in [1.165, 1.54) is 7.11 Å². The maximum Gasteiger partial charge on any atom is 0.251 e. The molecule has 0 saturated carbocycles. The number of hydrogen-bond acceptors (Lipinski definition) is 4. The van der Waals surface area contributed by atoms with E-state index in [1.807, 2.05) is 0 Å². The molecule has 0 atom stereocenters. The first-order chi connectivity index (χ1) is 13.0. The second kappa shape index (κ2) is 8.14. The van der Waals surface area contributed by atoms with Crippen molar-refractivity contribution in [3.63, 3.8) is 0 Å². The van der Waals surface area contributed by atoms with E-state index in [2.05, 4.69) is 10.3 Å². The first-order valence-electron chi connectivity index (χ1n) is 8.33. The topological polar surface area (TPSA) is 80.4 Å². The minimum atomic E-state index is -0.223. The zero-order valence-electron chi connectivity index (χ0n) is 15.0. The first-order valence-corrected chi connectivity index (χ1v) is 8.71. The summed E-state index contributed by atoms with van der Waals surface area (Å²) in [6.45, 7) is 0.329. The van der Waals surface area contributed by atoms with Gasteiger partial charge in [0.15, 0.2) is 0 Å². The molecule has 140 valence electrons.